The molecule has 0 fully saturated rings. The second-order valence-electron chi connectivity index (χ2n) is 10.1. The number of rotatable bonds is 4. The Kier molecular flexibility index (Phi) is 8.14. The lowest BCUT2D eigenvalue weighted by atomic mass is 9.96. The summed E-state index contributed by atoms with van der Waals surface area (Å²) in [5, 5.41) is 8.83. The van der Waals surface area contributed by atoms with E-state index >= 15 is 0 Å². The molecule has 0 saturated heterocycles. The van der Waals surface area contributed by atoms with Gasteiger partial charge in [-0.15, -0.1) is 0 Å². The number of nitrogens with zero attached hydrogens (tertiary/aromatic N) is 1. The van der Waals surface area contributed by atoms with Crippen LogP contribution in [0.15, 0.2) is 71.5 Å². The molecule has 2 aliphatic rings. The zero-order chi connectivity index (χ0) is 30.9. The molecule has 2 aliphatic heterocycles. The van der Waals surface area contributed by atoms with E-state index in [2.05, 4.69) is 0 Å². The fourth-order valence-corrected chi connectivity index (χ4v) is 5.03. The standard InChI is InChI=1S/C17H13F3N2O.C14H12F3NO2/c18-17(19,20)13-5-12-6-14(9-22)23-16(12)15(7-13)11-3-1-10(8-21)2-4-11;15-14(16,17)10-3-9-4-11(6-18)20-13(9)12(5-10)8-1-2-19-7-8/h1-5,7,14H,6,9,22H2;1-3,5,7,11H,4,6,18H2. The largest absolute Gasteiger partial charge is 0.488 e. The maximum absolute atomic E-state index is 13.1. The Bertz CT molecular complexity index is 1640. The smallest absolute Gasteiger partial charge is 0.416 e. The Balaban J connectivity index is 0.000000173. The minimum atomic E-state index is -4.43. The molecule has 0 aliphatic carbocycles. The molecule has 0 amide bonds. The summed E-state index contributed by atoms with van der Waals surface area (Å²) in [6, 6.07) is 14.4. The van der Waals surface area contributed by atoms with Crippen LogP contribution in [0.2, 0.25) is 0 Å². The van der Waals surface area contributed by atoms with Crippen LogP contribution in [0.25, 0.3) is 22.3 Å². The lowest BCUT2D eigenvalue weighted by Crippen LogP contribution is -2.24. The predicted molar refractivity (Wildman–Crippen MR) is 145 cm³/mol. The number of nitriles is 1. The van der Waals surface area contributed by atoms with Crippen molar-refractivity contribution in [3.8, 4) is 39.8 Å². The summed E-state index contributed by atoms with van der Waals surface area (Å²) in [6.45, 7) is 0.504. The highest BCUT2D eigenvalue weighted by Crippen LogP contribution is 2.45. The van der Waals surface area contributed by atoms with Gasteiger partial charge in [-0.2, -0.15) is 31.6 Å². The van der Waals surface area contributed by atoms with Gasteiger partial charge in [0.15, 0.2) is 0 Å². The van der Waals surface area contributed by atoms with Crippen molar-refractivity contribution in [2.75, 3.05) is 13.1 Å². The van der Waals surface area contributed by atoms with Gasteiger partial charge in [-0.25, -0.2) is 0 Å². The first-order chi connectivity index (χ1) is 20.4. The summed E-state index contributed by atoms with van der Waals surface area (Å²) in [5.41, 5.74) is 13.1. The summed E-state index contributed by atoms with van der Waals surface area (Å²) in [6.07, 6.45) is -5.86. The number of halogens is 6. The van der Waals surface area contributed by atoms with E-state index in [1.807, 2.05) is 6.07 Å². The molecule has 4 N–H and O–H groups in total. The van der Waals surface area contributed by atoms with Gasteiger partial charge >= 0.3 is 12.4 Å². The van der Waals surface area contributed by atoms with Crippen LogP contribution in [0.4, 0.5) is 26.3 Å². The summed E-state index contributed by atoms with van der Waals surface area (Å²) >= 11 is 0. The molecule has 0 bridgehead atoms. The van der Waals surface area contributed by atoms with E-state index in [0.717, 1.165) is 24.3 Å². The molecule has 3 heterocycles. The average molecular weight is 602 g/mol. The maximum Gasteiger partial charge on any atom is 0.416 e. The molecule has 0 spiro atoms. The monoisotopic (exact) mass is 601 g/mol. The van der Waals surface area contributed by atoms with Crippen LogP contribution in [0.5, 0.6) is 11.5 Å². The van der Waals surface area contributed by atoms with Crippen molar-refractivity contribution < 1.29 is 40.2 Å². The molecule has 2 atom stereocenters. The Hall–Kier alpha value is -4.47. The van der Waals surface area contributed by atoms with Crippen molar-refractivity contribution in [2.24, 2.45) is 11.5 Å². The number of hydrogen-bond donors (Lipinski definition) is 2. The van der Waals surface area contributed by atoms with E-state index in [9.17, 15) is 26.3 Å². The molecule has 43 heavy (non-hydrogen) atoms. The van der Waals surface area contributed by atoms with Gasteiger partial charge in [-0.3, -0.25) is 0 Å². The van der Waals surface area contributed by atoms with Crippen LogP contribution in [0.3, 0.4) is 0 Å². The molecule has 6 rings (SSSR count). The second kappa shape index (κ2) is 11.7. The zero-order valence-corrected chi connectivity index (χ0v) is 22.4. The molecule has 0 radical (unpaired) electrons. The maximum atomic E-state index is 13.1. The topological polar surface area (TPSA) is 107 Å². The summed E-state index contributed by atoms with van der Waals surface area (Å²) in [7, 11) is 0. The molecule has 1 aromatic heterocycles. The Morgan fingerprint density at radius 3 is 1.60 bits per heavy atom. The van der Waals surface area contributed by atoms with Crippen LogP contribution in [-0.4, -0.2) is 25.3 Å². The molecular formula is C31H25F6N3O3. The summed E-state index contributed by atoms with van der Waals surface area (Å²) in [4.78, 5) is 0. The normalized spacial score (nSPS) is 17.2. The van der Waals surface area contributed by atoms with Crippen molar-refractivity contribution in [2.45, 2.75) is 37.4 Å². The minimum absolute atomic E-state index is 0.239. The number of ether oxygens (including phenoxy) is 2. The van der Waals surface area contributed by atoms with E-state index in [1.54, 1.807) is 30.3 Å². The highest BCUT2D eigenvalue weighted by molar-refractivity contribution is 5.75. The molecule has 0 saturated carbocycles. The summed E-state index contributed by atoms with van der Waals surface area (Å²) < 4.78 is 94.6. The molecule has 224 valence electrons. The van der Waals surface area contributed by atoms with Crippen LogP contribution in [-0.2, 0) is 25.2 Å². The number of fused-ring (bicyclic) bond motifs is 2. The van der Waals surface area contributed by atoms with Gasteiger partial charge in [0.05, 0.1) is 35.3 Å². The van der Waals surface area contributed by atoms with Crippen molar-refractivity contribution >= 4 is 0 Å². The number of alkyl halides is 6. The summed E-state index contributed by atoms with van der Waals surface area (Å²) in [5.74, 6) is 0.910. The van der Waals surface area contributed by atoms with Crippen molar-refractivity contribution in [3.63, 3.8) is 0 Å². The fraction of sp³-hybridized carbons (Fsp3) is 0.258. The van der Waals surface area contributed by atoms with Crippen molar-refractivity contribution in [1.82, 2.24) is 0 Å². The van der Waals surface area contributed by atoms with Gasteiger partial charge in [0.25, 0.3) is 0 Å². The molecule has 6 nitrogen and oxygen atoms in total. The fourth-order valence-electron chi connectivity index (χ4n) is 5.03. The van der Waals surface area contributed by atoms with Crippen LogP contribution < -0.4 is 20.9 Å². The molecule has 3 aromatic carbocycles. The van der Waals surface area contributed by atoms with Crippen LogP contribution in [0, 0.1) is 11.3 Å². The first-order valence-electron chi connectivity index (χ1n) is 13.2. The Morgan fingerprint density at radius 2 is 1.21 bits per heavy atom. The lowest BCUT2D eigenvalue weighted by Gasteiger charge is -2.14. The molecular weight excluding hydrogens is 576 g/mol. The van der Waals surface area contributed by atoms with Gasteiger partial charge in [-0.1, -0.05) is 12.1 Å². The molecule has 2 unspecified atom stereocenters. The number of hydrogen-bond acceptors (Lipinski definition) is 6. The van der Waals surface area contributed by atoms with Crippen molar-refractivity contribution in [1.29, 1.82) is 5.26 Å². The van der Waals surface area contributed by atoms with Gasteiger partial charge in [0.1, 0.15) is 23.7 Å². The van der Waals surface area contributed by atoms with Gasteiger partial charge in [0, 0.05) is 42.6 Å². The first-order valence-corrected chi connectivity index (χ1v) is 13.2. The number of nitrogens with two attached hydrogens (primary N) is 2. The average Bonchev–Trinajstić information content (AvgIpc) is 3.74. The van der Waals surface area contributed by atoms with E-state index in [0.29, 0.717) is 63.3 Å². The van der Waals surface area contributed by atoms with Crippen LogP contribution >= 0.6 is 0 Å². The highest BCUT2D eigenvalue weighted by Gasteiger charge is 2.36. The van der Waals surface area contributed by atoms with E-state index in [-0.39, 0.29) is 25.3 Å². The second-order valence-corrected chi connectivity index (χ2v) is 10.1. The number of furan rings is 1. The van der Waals surface area contributed by atoms with Crippen LogP contribution in [0.1, 0.15) is 27.8 Å². The Labute approximate surface area is 242 Å². The molecule has 4 aromatic rings. The zero-order valence-electron chi connectivity index (χ0n) is 22.4. The van der Waals surface area contributed by atoms with Gasteiger partial charge in [-0.05, 0) is 59.2 Å². The molecule has 12 heteroatoms. The third-order valence-corrected chi connectivity index (χ3v) is 7.13. The van der Waals surface area contributed by atoms with E-state index in [1.165, 1.54) is 12.5 Å². The van der Waals surface area contributed by atoms with Gasteiger partial charge < -0.3 is 25.4 Å². The minimum Gasteiger partial charge on any atom is -0.488 e. The Morgan fingerprint density at radius 1 is 0.721 bits per heavy atom. The third-order valence-electron chi connectivity index (χ3n) is 7.13. The van der Waals surface area contributed by atoms with E-state index < -0.39 is 23.5 Å². The first kappa shape index (κ1) is 30.0. The SMILES string of the molecule is N#Cc1ccc(-c2cc(C(F)(F)F)cc3c2OC(CN)C3)cc1.NCC1Cc2cc(C(F)(F)F)cc(-c3ccoc3)c2O1. The van der Waals surface area contributed by atoms with Gasteiger partial charge in [0.2, 0.25) is 0 Å². The quantitative estimate of drug-likeness (QED) is 0.251. The number of benzene rings is 3. The lowest BCUT2D eigenvalue weighted by molar-refractivity contribution is -0.138. The third kappa shape index (κ3) is 6.33. The van der Waals surface area contributed by atoms with Crippen molar-refractivity contribution in [3.05, 3.63) is 94.9 Å². The predicted octanol–water partition coefficient (Wildman–Crippen LogP) is 6.73. The highest BCUT2D eigenvalue weighted by atomic mass is 19.4. The van der Waals surface area contributed by atoms with E-state index in [4.69, 9.17) is 30.6 Å².